The monoisotopic (exact) mass is 323 g/mol. The molecule has 126 valence electrons. The van der Waals surface area contributed by atoms with Gasteiger partial charge in [0, 0.05) is 17.9 Å². The van der Waals surface area contributed by atoms with Gasteiger partial charge in [0.2, 0.25) is 5.91 Å². The number of rotatable bonds is 8. The van der Waals surface area contributed by atoms with E-state index >= 15 is 0 Å². The van der Waals surface area contributed by atoms with Crippen LogP contribution in [0.5, 0.6) is 0 Å². The zero-order valence-corrected chi connectivity index (χ0v) is 13.5. The van der Waals surface area contributed by atoms with Gasteiger partial charge in [-0.3, -0.25) is 9.59 Å². The van der Waals surface area contributed by atoms with Gasteiger partial charge in [-0.15, -0.1) is 0 Å². The SMILES string of the molecule is CC(C)C[C@H](NC(=O)CC(C)C(=O)c1cccc(F)c1)C(=O)O. The minimum absolute atomic E-state index is 0.114. The molecule has 0 aliphatic rings. The molecule has 1 rings (SSSR count). The highest BCUT2D eigenvalue weighted by Gasteiger charge is 2.24. The van der Waals surface area contributed by atoms with Gasteiger partial charge in [0.05, 0.1) is 0 Å². The first-order valence-corrected chi connectivity index (χ1v) is 7.52. The second-order valence-electron chi connectivity index (χ2n) is 6.07. The number of hydrogen-bond acceptors (Lipinski definition) is 3. The lowest BCUT2D eigenvalue weighted by atomic mass is 9.95. The summed E-state index contributed by atoms with van der Waals surface area (Å²) in [4.78, 5) is 35.2. The van der Waals surface area contributed by atoms with E-state index in [2.05, 4.69) is 5.32 Å². The fourth-order valence-corrected chi connectivity index (χ4v) is 2.24. The van der Waals surface area contributed by atoms with Crippen LogP contribution in [0, 0.1) is 17.7 Å². The van der Waals surface area contributed by atoms with E-state index in [0.29, 0.717) is 6.42 Å². The summed E-state index contributed by atoms with van der Waals surface area (Å²) >= 11 is 0. The van der Waals surface area contributed by atoms with Gasteiger partial charge in [-0.05, 0) is 24.5 Å². The van der Waals surface area contributed by atoms with E-state index in [4.69, 9.17) is 5.11 Å². The molecule has 0 bridgehead atoms. The van der Waals surface area contributed by atoms with Gasteiger partial charge < -0.3 is 10.4 Å². The first-order chi connectivity index (χ1) is 10.7. The average Bonchev–Trinajstić information content (AvgIpc) is 2.45. The first kappa shape index (κ1) is 18.8. The number of ketones is 1. The maximum atomic E-state index is 13.1. The second-order valence-corrected chi connectivity index (χ2v) is 6.07. The molecule has 2 atom stereocenters. The Morgan fingerprint density at radius 1 is 1.22 bits per heavy atom. The Morgan fingerprint density at radius 3 is 2.39 bits per heavy atom. The summed E-state index contributed by atoms with van der Waals surface area (Å²) in [6.07, 6.45) is 0.171. The second kappa shape index (κ2) is 8.41. The predicted octanol–water partition coefficient (Wildman–Crippen LogP) is 2.65. The van der Waals surface area contributed by atoms with Crippen molar-refractivity contribution in [3.8, 4) is 0 Å². The standard InChI is InChI=1S/C17H22FNO4/c1-10(2)7-14(17(22)23)19-15(20)8-11(3)16(21)12-5-4-6-13(18)9-12/h4-6,9-11,14H,7-8H2,1-3H3,(H,19,20)(H,22,23)/t11?,14-/m0/s1. The average molecular weight is 323 g/mol. The molecule has 0 heterocycles. The summed E-state index contributed by atoms with van der Waals surface area (Å²) in [5, 5.41) is 11.5. The van der Waals surface area contributed by atoms with E-state index in [-0.39, 0.29) is 23.7 Å². The Labute approximate surface area is 134 Å². The number of carboxylic acid groups (broad SMARTS) is 1. The van der Waals surface area contributed by atoms with Crippen LogP contribution in [-0.4, -0.2) is 28.8 Å². The molecule has 0 aliphatic heterocycles. The predicted molar refractivity (Wildman–Crippen MR) is 83.5 cm³/mol. The quantitative estimate of drug-likeness (QED) is 0.720. The number of nitrogens with one attached hydrogen (secondary N) is 1. The summed E-state index contributed by atoms with van der Waals surface area (Å²) in [5.74, 6) is -3.02. The van der Waals surface area contributed by atoms with Crippen molar-refractivity contribution in [2.24, 2.45) is 11.8 Å². The van der Waals surface area contributed by atoms with Crippen molar-refractivity contribution in [3.63, 3.8) is 0 Å². The van der Waals surface area contributed by atoms with Crippen LogP contribution in [0.3, 0.4) is 0 Å². The molecular weight excluding hydrogens is 301 g/mol. The van der Waals surface area contributed by atoms with Gasteiger partial charge in [0.15, 0.2) is 5.78 Å². The molecule has 0 fully saturated rings. The molecule has 1 aromatic carbocycles. The number of benzene rings is 1. The highest BCUT2D eigenvalue weighted by Crippen LogP contribution is 2.14. The Balaban J connectivity index is 2.65. The lowest BCUT2D eigenvalue weighted by Gasteiger charge is -2.17. The zero-order valence-electron chi connectivity index (χ0n) is 13.5. The van der Waals surface area contributed by atoms with E-state index in [9.17, 15) is 18.8 Å². The van der Waals surface area contributed by atoms with Gasteiger partial charge in [0.25, 0.3) is 0 Å². The number of halogens is 1. The largest absolute Gasteiger partial charge is 0.480 e. The summed E-state index contributed by atoms with van der Waals surface area (Å²) in [5.41, 5.74) is 0.197. The van der Waals surface area contributed by atoms with E-state index in [1.807, 2.05) is 13.8 Å². The summed E-state index contributed by atoms with van der Waals surface area (Å²) in [6.45, 7) is 5.28. The maximum Gasteiger partial charge on any atom is 0.326 e. The fraction of sp³-hybridized carbons (Fsp3) is 0.471. The van der Waals surface area contributed by atoms with Crippen LogP contribution in [0.15, 0.2) is 24.3 Å². The molecule has 0 aromatic heterocycles. The van der Waals surface area contributed by atoms with Gasteiger partial charge in [-0.25, -0.2) is 9.18 Å². The number of aliphatic carboxylic acids is 1. The van der Waals surface area contributed by atoms with Crippen molar-refractivity contribution < 1.29 is 23.9 Å². The van der Waals surface area contributed by atoms with Crippen LogP contribution >= 0.6 is 0 Å². The molecule has 0 radical (unpaired) electrons. The Bertz CT molecular complexity index is 586. The summed E-state index contributed by atoms with van der Waals surface area (Å²) < 4.78 is 13.1. The third kappa shape index (κ3) is 6.18. The van der Waals surface area contributed by atoms with Crippen LogP contribution in [-0.2, 0) is 9.59 Å². The Hall–Kier alpha value is -2.24. The molecule has 0 saturated heterocycles. The van der Waals surface area contributed by atoms with Crippen molar-refractivity contribution in [3.05, 3.63) is 35.6 Å². The van der Waals surface area contributed by atoms with Gasteiger partial charge in [0.1, 0.15) is 11.9 Å². The number of hydrogen-bond donors (Lipinski definition) is 2. The van der Waals surface area contributed by atoms with E-state index in [0.717, 1.165) is 6.07 Å². The third-order valence-electron chi connectivity index (χ3n) is 3.39. The normalized spacial score (nSPS) is 13.4. The molecule has 0 aliphatic carbocycles. The number of carboxylic acids is 1. The molecule has 0 saturated carbocycles. The highest BCUT2D eigenvalue weighted by molar-refractivity contribution is 5.99. The summed E-state index contributed by atoms with van der Waals surface area (Å²) in [7, 11) is 0. The molecule has 1 amide bonds. The molecule has 6 heteroatoms. The van der Waals surface area contributed by atoms with Gasteiger partial charge in [-0.1, -0.05) is 32.9 Å². The topological polar surface area (TPSA) is 83.5 Å². The van der Waals surface area contributed by atoms with Crippen molar-refractivity contribution in [1.82, 2.24) is 5.32 Å². The molecule has 0 spiro atoms. The van der Waals surface area contributed by atoms with Crippen LogP contribution in [0.4, 0.5) is 4.39 Å². The Morgan fingerprint density at radius 2 is 1.87 bits per heavy atom. The maximum absolute atomic E-state index is 13.1. The van der Waals surface area contributed by atoms with Crippen LogP contribution in [0.25, 0.3) is 0 Å². The smallest absolute Gasteiger partial charge is 0.326 e. The van der Waals surface area contributed by atoms with Crippen molar-refractivity contribution in [2.75, 3.05) is 0 Å². The molecular formula is C17H22FNO4. The first-order valence-electron chi connectivity index (χ1n) is 7.52. The van der Waals surface area contributed by atoms with Crippen molar-refractivity contribution in [1.29, 1.82) is 0 Å². The van der Waals surface area contributed by atoms with Crippen molar-refractivity contribution >= 4 is 17.7 Å². The lowest BCUT2D eigenvalue weighted by molar-refractivity contribution is -0.142. The highest BCUT2D eigenvalue weighted by atomic mass is 19.1. The van der Waals surface area contributed by atoms with Crippen LogP contribution in [0.2, 0.25) is 0 Å². The molecule has 1 unspecified atom stereocenters. The minimum atomic E-state index is -1.10. The van der Waals surface area contributed by atoms with E-state index in [1.165, 1.54) is 18.2 Å². The van der Waals surface area contributed by atoms with Crippen LogP contribution < -0.4 is 5.32 Å². The number of carbonyl (C=O) groups excluding carboxylic acids is 2. The minimum Gasteiger partial charge on any atom is -0.480 e. The third-order valence-corrected chi connectivity index (χ3v) is 3.39. The number of carbonyl (C=O) groups is 3. The summed E-state index contributed by atoms with van der Waals surface area (Å²) in [6, 6.07) is 4.29. The van der Waals surface area contributed by atoms with Gasteiger partial charge in [-0.2, -0.15) is 0 Å². The molecule has 5 nitrogen and oxygen atoms in total. The molecule has 1 aromatic rings. The molecule has 2 N–H and O–H groups in total. The molecule has 23 heavy (non-hydrogen) atoms. The van der Waals surface area contributed by atoms with Gasteiger partial charge >= 0.3 is 5.97 Å². The van der Waals surface area contributed by atoms with E-state index < -0.39 is 29.7 Å². The zero-order chi connectivity index (χ0) is 17.6. The van der Waals surface area contributed by atoms with Crippen LogP contribution in [0.1, 0.15) is 44.0 Å². The number of Topliss-reactive ketones (excluding diaryl/α,β-unsaturated/α-hetero) is 1. The van der Waals surface area contributed by atoms with Crippen molar-refractivity contribution in [2.45, 2.75) is 39.7 Å². The number of amides is 1. The Kier molecular flexibility index (Phi) is 6.88. The fourth-order valence-electron chi connectivity index (χ4n) is 2.24. The lowest BCUT2D eigenvalue weighted by Crippen LogP contribution is -2.42. The van der Waals surface area contributed by atoms with E-state index in [1.54, 1.807) is 6.92 Å².